The number of fused-ring (bicyclic) bond motifs is 5. The van der Waals surface area contributed by atoms with Gasteiger partial charge in [0.15, 0.2) is 0 Å². The third-order valence-electron chi connectivity index (χ3n) is 4.49. The first-order valence-electron chi connectivity index (χ1n) is 5.81. The second-order valence-electron chi connectivity index (χ2n) is 5.07. The number of likely N-dealkylation sites (tertiary alicyclic amines) is 1. The summed E-state index contributed by atoms with van der Waals surface area (Å²) < 4.78 is 0. The smallest absolute Gasteiger partial charge is 0.224 e. The lowest BCUT2D eigenvalue weighted by atomic mass is 9.76. The molecule has 2 aliphatic carbocycles. The molecule has 3 aliphatic rings. The highest BCUT2D eigenvalue weighted by atomic mass is 35.5. The van der Waals surface area contributed by atoms with Crippen molar-refractivity contribution in [1.82, 2.24) is 4.90 Å². The normalized spacial score (nSPS) is 40.7. The lowest BCUT2D eigenvalue weighted by Crippen LogP contribution is -2.61. The van der Waals surface area contributed by atoms with E-state index in [0.717, 1.165) is 24.3 Å². The SMILES string of the molecule is Cl.NCCC(=O)N1CC2C3CCC(C3)C21. The summed E-state index contributed by atoms with van der Waals surface area (Å²) in [5, 5.41) is 0. The zero-order valence-electron chi connectivity index (χ0n) is 8.89. The van der Waals surface area contributed by atoms with Gasteiger partial charge in [0, 0.05) is 31.5 Å². The number of nitrogens with zero attached hydrogens (tertiary/aromatic N) is 1. The highest BCUT2D eigenvalue weighted by Gasteiger charge is 2.57. The van der Waals surface area contributed by atoms with E-state index in [1.54, 1.807) is 0 Å². The van der Waals surface area contributed by atoms with Crippen LogP contribution in [0.25, 0.3) is 0 Å². The molecule has 1 heterocycles. The van der Waals surface area contributed by atoms with Crippen molar-refractivity contribution < 1.29 is 4.79 Å². The molecule has 1 saturated heterocycles. The van der Waals surface area contributed by atoms with E-state index in [1.807, 2.05) is 0 Å². The summed E-state index contributed by atoms with van der Waals surface area (Å²) in [6, 6.07) is 0.618. The van der Waals surface area contributed by atoms with Crippen molar-refractivity contribution in [3.05, 3.63) is 0 Å². The summed E-state index contributed by atoms with van der Waals surface area (Å²) in [5.41, 5.74) is 5.41. The molecule has 3 nitrogen and oxygen atoms in total. The van der Waals surface area contributed by atoms with Crippen molar-refractivity contribution in [2.75, 3.05) is 13.1 Å². The Hall–Kier alpha value is -0.280. The lowest BCUT2D eigenvalue weighted by Gasteiger charge is -2.50. The molecular formula is C11H19ClN2O. The fourth-order valence-corrected chi connectivity index (χ4v) is 3.87. The minimum atomic E-state index is 0. The minimum Gasteiger partial charge on any atom is -0.339 e. The number of rotatable bonds is 2. The highest BCUT2D eigenvalue weighted by Crippen LogP contribution is 2.55. The van der Waals surface area contributed by atoms with Crippen molar-refractivity contribution in [3.8, 4) is 0 Å². The summed E-state index contributed by atoms with van der Waals surface area (Å²) in [5.74, 6) is 2.93. The van der Waals surface area contributed by atoms with Gasteiger partial charge >= 0.3 is 0 Å². The zero-order valence-corrected chi connectivity index (χ0v) is 9.71. The Morgan fingerprint density at radius 2 is 2.07 bits per heavy atom. The largest absolute Gasteiger partial charge is 0.339 e. The Morgan fingerprint density at radius 3 is 2.73 bits per heavy atom. The van der Waals surface area contributed by atoms with Crippen LogP contribution in [0.2, 0.25) is 0 Å². The summed E-state index contributed by atoms with van der Waals surface area (Å²) in [6.45, 7) is 1.53. The van der Waals surface area contributed by atoms with Gasteiger partial charge in [0.05, 0.1) is 0 Å². The summed E-state index contributed by atoms with van der Waals surface area (Å²) in [4.78, 5) is 13.8. The fraction of sp³-hybridized carbons (Fsp3) is 0.909. The minimum absolute atomic E-state index is 0. The molecule has 0 spiro atoms. The lowest BCUT2D eigenvalue weighted by molar-refractivity contribution is -0.146. The van der Waals surface area contributed by atoms with Crippen LogP contribution < -0.4 is 5.73 Å². The number of carbonyl (C=O) groups is 1. The molecule has 2 N–H and O–H groups in total. The molecule has 15 heavy (non-hydrogen) atoms. The Bertz CT molecular complexity index is 269. The average Bonchev–Trinajstić information content (AvgIpc) is 2.60. The maximum absolute atomic E-state index is 11.7. The van der Waals surface area contributed by atoms with Gasteiger partial charge < -0.3 is 10.6 Å². The number of amides is 1. The van der Waals surface area contributed by atoms with Crippen LogP contribution >= 0.6 is 12.4 Å². The average molecular weight is 231 g/mol. The first kappa shape index (κ1) is 11.2. The van der Waals surface area contributed by atoms with Gasteiger partial charge in [0.2, 0.25) is 5.91 Å². The molecule has 3 fully saturated rings. The van der Waals surface area contributed by atoms with Crippen molar-refractivity contribution in [3.63, 3.8) is 0 Å². The molecule has 2 bridgehead atoms. The van der Waals surface area contributed by atoms with Crippen molar-refractivity contribution >= 4 is 18.3 Å². The monoisotopic (exact) mass is 230 g/mol. The van der Waals surface area contributed by atoms with Crippen LogP contribution in [0.15, 0.2) is 0 Å². The first-order valence-corrected chi connectivity index (χ1v) is 5.81. The van der Waals surface area contributed by atoms with E-state index in [4.69, 9.17) is 5.73 Å². The van der Waals surface area contributed by atoms with Gasteiger partial charge in [-0.2, -0.15) is 0 Å². The molecule has 4 atom stereocenters. The zero-order chi connectivity index (χ0) is 9.71. The Labute approximate surface area is 96.8 Å². The number of halogens is 1. The second kappa shape index (κ2) is 3.95. The molecule has 2 saturated carbocycles. The molecule has 1 aliphatic heterocycles. The van der Waals surface area contributed by atoms with Crippen LogP contribution in [0, 0.1) is 17.8 Å². The molecule has 3 rings (SSSR count). The number of hydrogen-bond acceptors (Lipinski definition) is 2. The van der Waals surface area contributed by atoms with Crippen LogP contribution in [0.4, 0.5) is 0 Å². The topological polar surface area (TPSA) is 46.3 Å². The second-order valence-corrected chi connectivity index (χ2v) is 5.07. The molecule has 86 valence electrons. The summed E-state index contributed by atoms with van der Waals surface area (Å²) in [7, 11) is 0. The Morgan fingerprint density at radius 1 is 1.33 bits per heavy atom. The molecular weight excluding hydrogens is 212 g/mol. The quantitative estimate of drug-likeness (QED) is 0.770. The van der Waals surface area contributed by atoms with Crippen molar-refractivity contribution in [2.24, 2.45) is 23.5 Å². The van der Waals surface area contributed by atoms with E-state index in [1.165, 1.54) is 19.3 Å². The fourth-order valence-electron chi connectivity index (χ4n) is 3.87. The predicted molar refractivity (Wildman–Crippen MR) is 60.7 cm³/mol. The molecule has 0 aromatic heterocycles. The summed E-state index contributed by atoms with van der Waals surface area (Å²) >= 11 is 0. The van der Waals surface area contributed by atoms with Crippen LogP contribution in [0.1, 0.15) is 25.7 Å². The molecule has 4 heteroatoms. The predicted octanol–water partition coefficient (Wildman–Crippen LogP) is 1.01. The summed E-state index contributed by atoms with van der Waals surface area (Å²) in [6.07, 6.45) is 4.71. The van der Waals surface area contributed by atoms with Crippen LogP contribution in [-0.4, -0.2) is 29.9 Å². The maximum atomic E-state index is 11.7. The van der Waals surface area contributed by atoms with E-state index in [2.05, 4.69) is 4.90 Å². The van der Waals surface area contributed by atoms with Gasteiger partial charge in [-0.25, -0.2) is 0 Å². The van der Waals surface area contributed by atoms with Gasteiger partial charge in [-0.1, -0.05) is 0 Å². The molecule has 0 radical (unpaired) electrons. The van der Waals surface area contributed by atoms with Crippen molar-refractivity contribution in [2.45, 2.75) is 31.7 Å². The molecule has 0 aromatic rings. The van der Waals surface area contributed by atoms with E-state index in [-0.39, 0.29) is 12.4 Å². The van der Waals surface area contributed by atoms with Gasteiger partial charge in [-0.05, 0) is 31.1 Å². The van der Waals surface area contributed by atoms with E-state index >= 15 is 0 Å². The van der Waals surface area contributed by atoms with Crippen molar-refractivity contribution in [1.29, 1.82) is 0 Å². The van der Waals surface area contributed by atoms with Crippen LogP contribution in [0.5, 0.6) is 0 Å². The Kier molecular flexibility index (Phi) is 2.95. The maximum Gasteiger partial charge on any atom is 0.224 e. The molecule has 1 amide bonds. The van der Waals surface area contributed by atoms with Crippen LogP contribution in [-0.2, 0) is 4.79 Å². The number of nitrogens with two attached hydrogens (primary N) is 1. The number of hydrogen-bond donors (Lipinski definition) is 1. The third kappa shape index (κ3) is 1.48. The van der Waals surface area contributed by atoms with Gasteiger partial charge in [0.25, 0.3) is 0 Å². The van der Waals surface area contributed by atoms with Crippen LogP contribution in [0.3, 0.4) is 0 Å². The molecule has 0 aromatic carbocycles. The first-order chi connectivity index (χ1) is 6.81. The van der Waals surface area contributed by atoms with Gasteiger partial charge in [-0.3, -0.25) is 4.79 Å². The standard InChI is InChI=1S/C11H18N2O.ClH/c12-4-3-10(14)13-6-9-7-1-2-8(5-7)11(9)13;/h7-9,11H,1-6,12H2;1H. The highest BCUT2D eigenvalue weighted by molar-refractivity contribution is 5.85. The van der Waals surface area contributed by atoms with Gasteiger partial charge in [0.1, 0.15) is 0 Å². The number of carbonyl (C=O) groups excluding carboxylic acids is 1. The van der Waals surface area contributed by atoms with Gasteiger partial charge in [-0.15, -0.1) is 12.4 Å². The van der Waals surface area contributed by atoms with E-state index < -0.39 is 0 Å². The van der Waals surface area contributed by atoms with E-state index in [0.29, 0.717) is 24.9 Å². The molecule has 4 unspecified atom stereocenters. The Balaban J connectivity index is 0.000000853. The third-order valence-corrected chi connectivity index (χ3v) is 4.49. The van der Waals surface area contributed by atoms with E-state index in [9.17, 15) is 4.79 Å².